The van der Waals surface area contributed by atoms with E-state index >= 15 is 0 Å². The van der Waals surface area contributed by atoms with Gasteiger partial charge in [-0.15, -0.1) is 0 Å². The van der Waals surface area contributed by atoms with Crippen LogP contribution in [-0.4, -0.2) is 60.4 Å². The molecular formula is C18H23N9O2. The van der Waals surface area contributed by atoms with Crippen LogP contribution in [0.1, 0.15) is 31.0 Å². The number of amides is 1. The predicted molar refractivity (Wildman–Crippen MR) is 102 cm³/mol. The molecule has 11 heteroatoms. The molecule has 0 bridgehead atoms. The van der Waals surface area contributed by atoms with E-state index in [1.54, 1.807) is 17.9 Å². The van der Waals surface area contributed by atoms with Crippen LogP contribution in [0.3, 0.4) is 0 Å². The van der Waals surface area contributed by atoms with Crippen LogP contribution in [0, 0.1) is 12.8 Å². The first-order valence-electron chi connectivity index (χ1n) is 9.68. The van der Waals surface area contributed by atoms with Crippen molar-refractivity contribution >= 4 is 11.7 Å². The van der Waals surface area contributed by atoms with E-state index in [0.717, 1.165) is 38.2 Å². The van der Waals surface area contributed by atoms with Gasteiger partial charge in [0.15, 0.2) is 11.6 Å². The number of nitrogens with zero attached hydrogens (tertiary/aromatic N) is 8. The van der Waals surface area contributed by atoms with Gasteiger partial charge in [0.2, 0.25) is 11.8 Å². The van der Waals surface area contributed by atoms with Crippen LogP contribution < -0.4 is 10.2 Å². The van der Waals surface area contributed by atoms with Gasteiger partial charge >= 0.3 is 0 Å². The summed E-state index contributed by atoms with van der Waals surface area (Å²) in [4.78, 5) is 31.3. The molecule has 1 aliphatic rings. The summed E-state index contributed by atoms with van der Waals surface area (Å²) in [6, 6.07) is 1.88. The van der Waals surface area contributed by atoms with Crippen molar-refractivity contribution in [3.8, 4) is 5.82 Å². The summed E-state index contributed by atoms with van der Waals surface area (Å²) in [5, 5.41) is 10.9. The number of hydrogen-bond acceptors (Lipinski definition) is 9. The largest absolute Gasteiger partial charge is 0.356 e. The van der Waals surface area contributed by atoms with Crippen molar-refractivity contribution in [1.29, 1.82) is 0 Å². The van der Waals surface area contributed by atoms with Crippen molar-refractivity contribution in [3.05, 3.63) is 36.8 Å². The summed E-state index contributed by atoms with van der Waals surface area (Å²) < 4.78 is 6.67. The minimum atomic E-state index is 0.0218. The highest BCUT2D eigenvalue weighted by molar-refractivity contribution is 5.78. The molecule has 0 atom stereocenters. The number of nitrogens with one attached hydrogen (secondary N) is 1. The van der Waals surface area contributed by atoms with E-state index in [4.69, 9.17) is 4.52 Å². The van der Waals surface area contributed by atoms with Gasteiger partial charge in [-0.2, -0.15) is 10.1 Å². The average molecular weight is 397 g/mol. The second kappa shape index (κ2) is 8.76. The van der Waals surface area contributed by atoms with Gasteiger partial charge in [0.05, 0.1) is 0 Å². The van der Waals surface area contributed by atoms with E-state index in [9.17, 15) is 4.79 Å². The number of hydrogen-bond donors (Lipinski definition) is 1. The number of aryl methyl sites for hydroxylation is 2. The molecule has 0 unspecified atom stereocenters. The lowest BCUT2D eigenvalue weighted by Crippen LogP contribution is -2.41. The first-order valence-corrected chi connectivity index (χ1v) is 9.68. The molecule has 1 saturated heterocycles. The van der Waals surface area contributed by atoms with E-state index in [2.05, 4.69) is 40.4 Å². The monoisotopic (exact) mass is 397 g/mol. The maximum absolute atomic E-state index is 12.4. The summed E-state index contributed by atoms with van der Waals surface area (Å²) in [6.45, 7) is 3.94. The van der Waals surface area contributed by atoms with Gasteiger partial charge in [-0.25, -0.2) is 19.6 Å². The van der Waals surface area contributed by atoms with Crippen LogP contribution in [0.2, 0.25) is 0 Å². The molecule has 0 spiro atoms. The van der Waals surface area contributed by atoms with Crippen molar-refractivity contribution in [2.45, 2.75) is 32.6 Å². The summed E-state index contributed by atoms with van der Waals surface area (Å²) >= 11 is 0. The molecule has 1 N–H and O–H groups in total. The van der Waals surface area contributed by atoms with Crippen molar-refractivity contribution in [3.63, 3.8) is 0 Å². The second-order valence-electron chi connectivity index (χ2n) is 6.97. The Morgan fingerprint density at radius 2 is 2.07 bits per heavy atom. The summed E-state index contributed by atoms with van der Waals surface area (Å²) in [7, 11) is 0. The number of carbonyl (C=O) groups excluding carboxylic acids is 1. The maximum Gasteiger partial charge on any atom is 0.226 e. The zero-order valence-corrected chi connectivity index (χ0v) is 16.2. The van der Waals surface area contributed by atoms with Crippen molar-refractivity contribution < 1.29 is 9.32 Å². The lowest BCUT2D eigenvalue weighted by atomic mass is 9.96. The normalized spacial score (nSPS) is 14.9. The quantitative estimate of drug-likeness (QED) is 0.573. The molecule has 0 radical (unpaired) electrons. The third kappa shape index (κ3) is 4.73. The fraction of sp³-hybridized carbons (Fsp3) is 0.500. The second-order valence-corrected chi connectivity index (χ2v) is 6.97. The maximum atomic E-state index is 12.4. The van der Waals surface area contributed by atoms with Crippen LogP contribution in [0.4, 0.5) is 5.82 Å². The lowest BCUT2D eigenvalue weighted by molar-refractivity contribution is -0.125. The van der Waals surface area contributed by atoms with Crippen LogP contribution in [-0.2, 0) is 11.2 Å². The molecule has 1 fully saturated rings. The van der Waals surface area contributed by atoms with E-state index in [1.165, 1.54) is 12.7 Å². The van der Waals surface area contributed by atoms with Crippen molar-refractivity contribution in [2.24, 2.45) is 5.92 Å². The summed E-state index contributed by atoms with van der Waals surface area (Å²) in [5.74, 6) is 2.88. The van der Waals surface area contributed by atoms with E-state index in [-0.39, 0.29) is 11.8 Å². The third-order valence-corrected chi connectivity index (χ3v) is 4.92. The predicted octanol–water partition coefficient (Wildman–Crippen LogP) is 0.714. The lowest BCUT2D eigenvalue weighted by Gasteiger charge is -2.32. The number of piperidine rings is 1. The summed E-state index contributed by atoms with van der Waals surface area (Å²) in [6.07, 6.45) is 7.61. The van der Waals surface area contributed by atoms with Gasteiger partial charge in [0.1, 0.15) is 24.8 Å². The Bertz CT molecular complexity index is 932. The van der Waals surface area contributed by atoms with Crippen molar-refractivity contribution in [1.82, 2.24) is 40.2 Å². The standard InChI is InChI=1S/C18H23N9O2/c1-13-24-17(29-25-13)3-2-6-20-18(28)14-4-7-26(8-5-14)15-9-16(22-11-21-15)27-12-19-10-23-27/h9-12,14H,2-8H2,1H3,(H,20,28). The topological polar surface area (TPSA) is 128 Å². The molecule has 1 amide bonds. The van der Waals surface area contributed by atoms with Crippen LogP contribution in [0.5, 0.6) is 0 Å². The zero-order chi connectivity index (χ0) is 20.1. The Kier molecular flexibility index (Phi) is 5.73. The molecule has 4 rings (SSSR count). The van der Waals surface area contributed by atoms with Crippen molar-refractivity contribution in [2.75, 3.05) is 24.5 Å². The minimum Gasteiger partial charge on any atom is -0.356 e. The van der Waals surface area contributed by atoms with Gasteiger partial charge in [-0.05, 0) is 26.2 Å². The Balaban J connectivity index is 1.23. The fourth-order valence-corrected chi connectivity index (χ4v) is 3.37. The highest BCUT2D eigenvalue weighted by atomic mass is 16.5. The smallest absolute Gasteiger partial charge is 0.226 e. The molecule has 3 aromatic rings. The highest BCUT2D eigenvalue weighted by Gasteiger charge is 2.25. The van der Waals surface area contributed by atoms with Crippen LogP contribution in [0.25, 0.3) is 5.82 Å². The van der Waals surface area contributed by atoms with Gasteiger partial charge in [-0.1, -0.05) is 5.16 Å². The molecule has 1 aliphatic heterocycles. The Morgan fingerprint density at radius 3 is 2.79 bits per heavy atom. The van der Waals surface area contributed by atoms with E-state index in [1.807, 2.05) is 6.07 Å². The Hall–Kier alpha value is -3.37. The molecular weight excluding hydrogens is 374 g/mol. The van der Waals surface area contributed by atoms with Gasteiger partial charge in [0, 0.05) is 38.0 Å². The van der Waals surface area contributed by atoms with Gasteiger partial charge in [-0.3, -0.25) is 4.79 Å². The summed E-state index contributed by atoms with van der Waals surface area (Å²) in [5.41, 5.74) is 0. The van der Waals surface area contributed by atoms with Gasteiger partial charge < -0.3 is 14.7 Å². The fourth-order valence-electron chi connectivity index (χ4n) is 3.37. The third-order valence-electron chi connectivity index (χ3n) is 4.92. The Morgan fingerprint density at radius 1 is 1.24 bits per heavy atom. The molecule has 0 aromatic carbocycles. The number of anilines is 1. The van der Waals surface area contributed by atoms with Crippen LogP contribution >= 0.6 is 0 Å². The number of rotatable bonds is 7. The molecule has 3 aromatic heterocycles. The number of aromatic nitrogens is 7. The minimum absolute atomic E-state index is 0.0218. The SMILES string of the molecule is Cc1noc(CCCNC(=O)C2CCN(c3cc(-n4cncn4)ncn3)CC2)n1. The molecule has 11 nitrogen and oxygen atoms in total. The van der Waals surface area contributed by atoms with Gasteiger partial charge in [0.25, 0.3) is 0 Å². The molecule has 4 heterocycles. The van der Waals surface area contributed by atoms with E-state index < -0.39 is 0 Å². The van der Waals surface area contributed by atoms with Crippen LogP contribution in [0.15, 0.2) is 29.6 Å². The first kappa shape index (κ1) is 19.0. The number of carbonyl (C=O) groups is 1. The molecule has 152 valence electrons. The first-order chi connectivity index (χ1) is 14.2. The Labute approximate surface area is 167 Å². The highest BCUT2D eigenvalue weighted by Crippen LogP contribution is 2.22. The van der Waals surface area contributed by atoms with E-state index in [0.29, 0.717) is 30.5 Å². The molecule has 0 saturated carbocycles. The molecule has 29 heavy (non-hydrogen) atoms. The zero-order valence-electron chi connectivity index (χ0n) is 16.2. The average Bonchev–Trinajstić information content (AvgIpc) is 3.43. The molecule has 0 aliphatic carbocycles.